The van der Waals surface area contributed by atoms with Gasteiger partial charge in [-0.25, -0.2) is 9.97 Å². The minimum absolute atomic E-state index is 0.610. The van der Waals surface area contributed by atoms with Gasteiger partial charge in [-0.1, -0.05) is 115 Å². The summed E-state index contributed by atoms with van der Waals surface area (Å²) in [5.41, 5.74) is 10.6. The van der Waals surface area contributed by atoms with Gasteiger partial charge in [0.15, 0.2) is 0 Å². The molecule has 0 aliphatic carbocycles. The molecule has 13 aromatic rings. The molecule has 0 unspecified atom stereocenters. The molecule has 56 heavy (non-hydrogen) atoms. The van der Waals surface area contributed by atoms with Crippen molar-refractivity contribution in [3.8, 4) is 28.3 Å². The van der Waals surface area contributed by atoms with E-state index in [1.807, 2.05) is 12.1 Å². The quantitative estimate of drug-likeness (QED) is 0.181. The lowest BCUT2D eigenvalue weighted by Gasteiger charge is -2.10. The van der Waals surface area contributed by atoms with Crippen LogP contribution < -0.4 is 0 Å². The average Bonchev–Trinajstić information content (AvgIpc) is 4.02. The van der Waals surface area contributed by atoms with E-state index in [1.54, 1.807) is 11.3 Å². The first kappa shape index (κ1) is 30.1. The number of rotatable bonds is 3. The fourth-order valence-corrected chi connectivity index (χ4v) is 10.1. The summed E-state index contributed by atoms with van der Waals surface area (Å²) in [6, 6.07) is 57.5. The number of benzene rings is 8. The fraction of sp³-hybridized carbons (Fsp3) is 0. The Labute approximate surface area is 322 Å². The number of aromatic nitrogens is 3. The van der Waals surface area contributed by atoms with E-state index < -0.39 is 0 Å². The van der Waals surface area contributed by atoms with Crippen LogP contribution in [0, 0.1) is 0 Å². The lowest BCUT2D eigenvalue weighted by atomic mass is 9.95. The maximum absolute atomic E-state index is 7.00. The van der Waals surface area contributed by atoms with Crippen LogP contribution in [0.1, 0.15) is 0 Å². The second kappa shape index (κ2) is 11.1. The normalized spacial score (nSPS) is 12.3. The molecule has 260 valence electrons. The number of hydrogen-bond donors (Lipinski definition) is 0. The number of para-hydroxylation sites is 2. The molecule has 0 aliphatic rings. The van der Waals surface area contributed by atoms with Gasteiger partial charge in [-0.05, 0) is 70.4 Å². The Kier molecular flexibility index (Phi) is 5.98. The molecule has 0 bridgehead atoms. The van der Waals surface area contributed by atoms with Crippen molar-refractivity contribution in [3.05, 3.63) is 164 Å². The molecular formula is C50H27N3O2S. The molecule has 8 aromatic carbocycles. The summed E-state index contributed by atoms with van der Waals surface area (Å²) in [5.74, 6) is 0.610. The Hall–Kier alpha value is -7.28. The van der Waals surface area contributed by atoms with Crippen LogP contribution in [0.25, 0.3) is 125 Å². The average molecular weight is 734 g/mol. The highest BCUT2D eigenvalue weighted by Gasteiger charge is 2.24. The molecule has 6 heteroatoms. The van der Waals surface area contributed by atoms with Gasteiger partial charge in [0.05, 0.1) is 32.3 Å². The molecule has 0 atom stereocenters. The summed E-state index contributed by atoms with van der Waals surface area (Å²) in [4.78, 5) is 10.9. The molecule has 0 fully saturated rings. The highest BCUT2D eigenvalue weighted by Crippen LogP contribution is 2.46. The maximum Gasteiger partial charge on any atom is 0.235 e. The lowest BCUT2D eigenvalue weighted by molar-refractivity contribution is 0.669. The zero-order valence-electron chi connectivity index (χ0n) is 29.7. The van der Waals surface area contributed by atoms with Crippen LogP contribution in [-0.4, -0.2) is 14.5 Å². The van der Waals surface area contributed by atoms with Crippen LogP contribution in [-0.2, 0) is 0 Å². The van der Waals surface area contributed by atoms with E-state index in [2.05, 4.69) is 156 Å². The predicted molar refractivity (Wildman–Crippen MR) is 232 cm³/mol. The van der Waals surface area contributed by atoms with Gasteiger partial charge in [-0.15, -0.1) is 11.3 Å². The molecule has 0 N–H and O–H groups in total. The number of nitrogens with zero attached hydrogens (tertiary/aromatic N) is 3. The summed E-state index contributed by atoms with van der Waals surface area (Å²) in [6.07, 6.45) is 0. The topological polar surface area (TPSA) is 57.0 Å². The first-order valence-electron chi connectivity index (χ1n) is 18.7. The first-order chi connectivity index (χ1) is 27.8. The Morgan fingerprint density at radius 1 is 0.446 bits per heavy atom. The molecule has 0 saturated carbocycles. The van der Waals surface area contributed by atoms with Crippen molar-refractivity contribution in [1.29, 1.82) is 0 Å². The van der Waals surface area contributed by atoms with E-state index in [-0.39, 0.29) is 0 Å². The van der Waals surface area contributed by atoms with E-state index in [9.17, 15) is 0 Å². The molecule has 0 saturated heterocycles. The Morgan fingerprint density at radius 3 is 2.05 bits per heavy atom. The van der Waals surface area contributed by atoms with Gasteiger partial charge in [0.2, 0.25) is 5.95 Å². The van der Waals surface area contributed by atoms with E-state index >= 15 is 0 Å². The second-order valence-electron chi connectivity index (χ2n) is 14.5. The predicted octanol–water partition coefficient (Wildman–Crippen LogP) is 14.2. The fourth-order valence-electron chi connectivity index (χ4n) is 8.97. The standard InChI is InChI=1S/C50H27N3O2S/c1-2-12-28(13-3-1)37-27-42-44(33-16-5-4-14-30(33)37)36-24-25-39-45(48(36)55-42)34-17-6-9-19-38(34)53(39)50-51-46(49-47(52-50)35-18-8-11-21-43(35)56-49)29-22-23-32-31-15-7-10-20-40(31)54-41(32)26-29/h1-27H. The highest BCUT2D eigenvalue weighted by molar-refractivity contribution is 7.26. The van der Waals surface area contributed by atoms with Crippen molar-refractivity contribution >= 4 is 108 Å². The molecule has 0 spiro atoms. The van der Waals surface area contributed by atoms with Crippen LogP contribution in [0.2, 0.25) is 0 Å². The summed E-state index contributed by atoms with van der Waals surface area (Å²) >= 11 is 1.73. The van der Waals surface area contributed by atoms with Crippen molar-refractivity contribution in [2.24, 2.45) is 0 Å². The first-order valence-corrected chi connectivity index (χ1v) is 19.6. The van der Waals surface area contributed by atoms with Gasteiger partial charge in [-0.2, -0.15) is 0 Å². The van der Waals surface area contributed by atoms with Crippen molar-refractivity contribution in [3.63, 3.8) is 0 Å². The van der Waals surface area contributed by atoms with E-state index in [0.29, 0.717) is 5.95 Å². The van der Waals surface area contributed by atoms with Crippen LogP contribution in [0.4, 0.5) is 0 Å². The SMILES string of the molecule is c1ccc(-c2cc3oc4c(ccc5c4c4ccccc4n5-c4nc(-c5ccc6c(c5)oc5ccccc56)c5sc6ccccc6c5n4)c3c3ccccc23)cc1. The highest BCUT2D eigenvalue weighted by atomic mass is 32.1. The third-order valence-electron chi connectivity index (χ3n) is 11.4. The van der Waals surface area contributed by atoms with Gasteiger partial charge in [0.25, 0.3) is 0 Å². The number of thiophene rings is 1. The molecule has 5 aromatic heterocycles. The summed E-state index contributed by atoms with van der Waals surface area (Å²) in [7, 11) is 0. The molecule has 0 amide bonds. The monoisotopic (exact) mass is 733 g/mol. The summed E-state index contributed by atoms with van der Waals surface area (Å²) in [6.45, 7) is 0. The van der Waals surface area contributed by atoms with Crippen LogP contribution in [0.5, 0.6) is 0 Å². The zero-order valence-corrected chi connectivity index (χ0v) is 30.5. The third kappa shape index (κ3) is 4.08. The maximum atomic E-state index is 7.00. The Morgan fingerprint density at radius 2 is 1.16 bits per heavy atom. The lowest BCUT2D eigenvalue weighted by Crippen LogP contribution is -2.02. The molecule has 5 nitrogen and oxygen atoms in total. The third-order valence-corrected chi connectivity index (χ3v) is 12.6. The van der Waals surface area contributed by atoms with Gasteiger partial charge >= 0.3 is 0 Å². The molecule has 13 rings (SSSR count). The molecular weight excluding hydrogens is 707 g/mol. The largest absolute Gasteiger partial charge is 0.456 e. The van der Waals surface area contributed by atoms with Crippen molar-refractivity contribution in [2.75, 3.05) is 0 Å². The Bertz CT molecular complexity index is 3770. The number of fused-ring (bicyclic) bond motifs is 15. The minimum Gasteiger partial charge on any atom is -0.456 e. The van der Waals surface area contributed by atoms with E-state index in [1.165, 1.54) is 15.5 Å². The second-order valence-corrected chi connectivity index (χ2v) is 15.5. The van der Waals surface area contributed by atoms with Crippen LogP contribution in [0.15, 0.2) is 173 Å². The minimum atomic E-state index is 0.610. The zero-order chi connectivity index (χ0) is 36.5. The smallest absolute Gasteiger partial charge is 0.235 e. The molecule has 0 aliphatic heterocycles. The van der Waals surface area contributed by atoms with Gasteiger partial charge in [0, 0.05) is 42.6 Å². The molecule has 5 heterocycles. The number of hydrogen-bond acceptors (Lipinski definition) is 5. The van der Waals surface area contributed by atoms with Gasteiger partial charge in [0.1, 0.15) is 22.3 Å². The van der Waals surface area contributed by atoms with Gasteiger partial charge in [-0.3, -0.25) is 4.57 Å². The number of furan rings is 2. The van der Waals surface area contributed by atoms with Crippen molar-refractivity contribution in [2.45, 2.75) is 0 Å². The van der Waals surface area contributed by atoms with Gasteiger partial charge < -0.3 is 8.83 Å². The van der Waals surface area contributed by atoms with Crippen molar-refractivity contribution in [1.82, 2.24) is 14.5 Å². The Balaban J connectivity index is 1.12. The van der Waals surface area contributed by atoms with E-state index in [0.717, 1.165) is 104 Å². The molecule has 0 radical (unpaired) electrons. The van der Waals surface area contributed by atoms with E-state index in [4.69, 9.17) is 18.8 Å². The summed E-state index contributed by atoms with van der Waals surface area (Å²) < 4.78 is 17.8. The van der Waals surface area contributed by atoms with Crippen LogP contribution >= 0.6 is 11.3 Å². The summed E-state index contributed by atoms with van der Waals surface area (Å²) in [5, 5.41) is 10.0. The van der Waals surface area contributed by atoms with Crippen molar-refractivity contribution < 1.29 is 8.83 Å². The van der Waals surface area contributed by atoms with Crippen LogP contribution in [0.3, 0.4) is 0 Å².